The van der Waals surface area contributed by atoms with Crippen LogP contribution in [0.15, 0.2) is 18.2 Å². The summed E-state index contributed by atoms with van der Waals surface area (Å²) in [6.45, 7) is 3.51. The van der Waals surface area contributed by atoms with E-state index in [-0.39, 0.29) is 6.04 Å². The quantitative estimate of drug-likeness (QED) is 0.905. The number of likely N-dealkylation sites (tertiary alicyclic amines) is 1. The molecule has 0 aliphatic carbocycles. The molecule has 1 fully saturated rings. The first-order valence-electron chi connectivity index (χ1n) is 7.03. The zero-order valence-corrected chi connectivity index (χ0v) is 13.3. The number of rotatable bonds is 5. The molecule has 1 aliphatic heterocycles. The van der Waals surface area contributed by atoms with Crippen LogP contribution < -0.4 is 5.73 Å². The first kappa shape index (κ1) is 16.1. The Morgan fingerprint density at radius 3 is 2.35 bits per heavy atom. The lowest BCUT2D eigenvalue weighted by atomic mass is 9.95. The average molecular weight is 317 g/mol. The van der Waals surface area contributed by atoms with Crippen LogP contribution in [0, 0.1) is 5.92 Å². The molecule has 1 aromatic carbocycles. The van der Waals surface area contributed by atoms with E-state index >= 15 is 0 Å². The van der Waals surface area contributed by atoms with Crippen molar-refractivity contribution < 1.29 is 4.74 Å². The van der Waals surface area contributed by atoms with E-state index in [1.54, 1.807) is 13.2 Å². The van der Waals surface area contributed by atoms with Gasteiger partial charge in [0.2, 0.25) is 0 Å². The molecule has 2 rings (SSSR count). The fraction of sp³-hybridized carbons (Fsp3) is 0.600. The van der Waals surface area contributed by atoms with E-state index in [4.69, 9.17) is 33.7 Å². The standard InChI is InChI=1S/C15H22Cl2N2O/c1-20-10-11-2-4-19(5-3-11)15(9-18)12-6-13(16)8-14(17)7-12/h6-8,11,15H,2-5,9-10,18H2,1H3. The Bertz CT molecular complexity index is 414. The van der Waals surface area contributed by atoms with Gasteiger partial charge in [-0.05, 0) is 55.6 Å². The minimum Gasteiger partial charge on any atom is -0.384 e. The van der Waals surface area contributed by atoms with E-state index in [1.807, 2.05) is 12.1 Å². The van der Waals surface area contributed by atoms with Crippen LogP contribution in [0.5, 0.6) is 0 Å². The topological polar surface area (TPSA) is 38.5 Å². The number of hydrogen-bond donors (Lipinski definition) is 1. The number of hydrogen-bond acceptors (Lipinski definition) is 3. The van der Waals surface area contributed by atoms with Crippen LogP contribution in [0.25, 0.3) is 0 Å². The van der Waals surface area contributed by atoms with Crippen LogP contribution in [0.3, 0.4) is 0 Å². The molecular weight excluding hydrogens is 295 g/mol. The maximum atomic E-state index is 6.09. The average Bonchev–Trinajstić information content (AvgIpc) is 2.41. The van der Waals surface area contributed by atoms with Crippen LogP contribution in [0.4, 0.5) is 0 Å². The van der Waals surface area contributed by atoms with E-state index in [0.717, 1.165) is 38.1 Å². The van der Waals surface area contributed by atoms with Crippen molar-refractivity contribution >= 4 is 23.2 Å². The Morgan fingerprint density at radius 1 is 1.25 bits per heavy atom. The largest absolute Gasteiger partial charge is 0.384 e. The lowest BCUT2D eigenvalue weighted by Gasteiger charge is -2.37. The van der Waals surface area contributed by atoms with Crippen LogP contribution in [0.2, 0.25) is 10.0 Å². The summed E-state index contributed by atoms with van der Waals surface area (Å²) in [6, 6.07) is 5.87. The van der Waals surface area contributed by atoms with Crippen LogP contribution >= 0.6 is 23.2 Å². The minimum absolute atomic E-state index is 0.190. The van der Waals surface area contributed by atoms with Crippen LogP contribution in [-0.2, 0) is 4.74 Å². The molecule has 1 atom stereocenters. The highest BCUT2D eigenvalue weighted by Gasteiger charge is 2.25. The van der Waals surface area contributed by atoms with Gasteiger partial charge >= 0.3 is 0 Å². The molecule has 112 valence electrons. The lowest BCUT2D eigenvalue weighted by Crippen LogP contribution is -2.40. The molecule has 0 amide bonds. The minimum atomic E-state index is 0.190. The van der Waals surface area contributed by atoms with Gasteiger partial charge < -0.3 is 10.5 Å². The normalized spacial score (nSPS) is 19.2. The molecule has 0 saturated carbocycles. The molecule has 20 heavy (non-hydrogen) atoms. The molecule has 2 N–H and O–H groups in total. The van der Waals surface area contributed by atoms with Crippen molar-refractivity contribution in [2.45, 2.75) is 18.9 Å². The second-order valence-corrected chi connectivity index (χ2v) is 6.26. The molecule has 0 spiro atoms. The third-order valence-corrected chi connectivity index (χ3v) is 4.42. The SMILES string of the molecule is COCC1CCN(C(CN)c2cc(Cl)cc(Cl)c2)CC1. The molecule has 1 unspecified atom stereocenters. The van der Waals surface area contributed by atoms with Crippen molar-refractivity contribution in [3.8, 4) is 0 Å². The van der Waals surface area contributed by atoms with Gasteiger partial charge in [-0.2, -0.15) is 0 Å². The second kappa shape index (κ2) is 7.62. The van der Waals surface area contributed by atoms with Crippen molar-refractivity contribution in [3.63, 3.8) is 0 Å². The second-order valence-electron chi connectivity index (χ2n) is 5.39. The zero-order chi connectivity index (χ0) is 14.5. The number of methoxy groups -OCH3 is 1. The van der Waals surface area contributed by atoms with Crippen molar-refractivity contribution in [2.24, 2.45) is 11.7 Å². The molecule has 1 heterocycles. The monoisotopic (exact) mass is 316 g/mol. The van der Waals surface area contributed by atoms with E-state index in [2.05, 4.69) is 4.90 Å². The molecule has 1 aromatic rings. The van der Waals surface area contributed by atoms with Gasteiger partial charge in [-0.3, -0.25) is 4.90 Å². The summed E-state index contributed by atoms with van der Waals surface area (Å²) < 4.78 is 5.24. The third-order valence-electron chi connectivity index (χ3n) is 3.99. The predicted molar refractivity (Wildman–Crippen MR) is 84.4 cm³/mol. The number of nitrogens with zero attached hydrogens (tertiary/aromatic N) is 1. The highest BCUT2D eigenvalue weighted by atomic mass is 35.5. The summed E-state index contributed by atoms with van der Waals surface area (Å²) in [4.78, 5) is 2.42. The zero-order valence-electron chi connectivity index (χ0n) is 11.8. The number of halogens is 2. The highest BCUT2D eigenvalue weighted by Crippen LogP contribution is 2.30. The molecule has 0 radical (unpaired) electrons. The Balaban J connectivity index is 2.05. The molecule has 5 heteroatoms. The summed E-state index contributed by atoms with van der Waals surface area (Å²) in [5.74, 6) is 0.664. The van der Waals surface area contributed by atoms with Gasteiger partial charge in [0.15, 0.2) is 0 Å². The van der Waals surface area contributed by atoms with Gasteiger partial charge in [-0.1, -0.05) is 23.2 Å². The van der Waals surface area contributed by atoms with Gasteiger partial charge in [0.1, 0.15) is 0 Å². The number of nitrogens with two attached hydrogens (primary N) is 1. The van der Waals surface area contributed by atoms with Crippen molar-refractivity contribution in [3.05, 3.63) is 33.8 Å². The van der Waals surface area contributed by atoms with Gasteiger partial charge in [0, 0.05) is 36.3 Å². The smallest absolute Gasteiger partial charge is 0.0491 e. The number of ether oxygens (including phenoxy) is 1. The first-order chi connectivity index (χ1) is 9.63. The van der Waals surface area contributed by atoms with Crippen molar-refractivity contribution in [2.75, 3.05) is 33.4 Å². The van der Waals surface area contributed by atoms with Crippen LogP contribution in [-0.4, -0.2) is 38.3 Å². The third kappa shape index (κ3) is 4.09. The number of benzene rings is 1. The van der Waals surface area contributed by atoms with E-state index < -0.39 is 0 Å². The maximum absolute atomic E-state index is 6.09. The summed E-state index contributed by atoms with van der Waals surface area (Å²) in [6.07, 6.45) is 2.30. The molecular formula is C15H22Cl2N2O. The summed E-state index contributed by atoms with van der Waals surface area (Å²) >= 11 is 12.2. The molecule has 1 aliphatic rings. The first-order valence-corrected chi connectivity index (χ1v) is 7.78. The van der Waals surface area contributed by atoms with Gasteiger partial charge in [0.25, 0.3) is 0 Å². The van der Waals surface area contributed by atoms with Crippen molar-refractivity contribution in [1.82, 2.24) is 4.90 Å². The van der Waals surface area contributed by atoms with Crippen molar-refractivity contribution in [1.29, 1.82) is 0 Å². The Hall–Kier alpha value is -0.320. The highest BCUT2D eigenvalue weighted by molar-refractivity contribution is 6.34. The fourth-order valence-corrected chi connectivity index (χ4v) is 3.47. The molecule has 0 aromatic heterocycles. The lowest BCUT2D eigenvalue weighted by molar-refractivity contribution is 0.0810. The molecule has 3 nitrogen and oxygen atoms in total. The van der Waals surface area contributed by atoms with Gasteiger partial charge in [0.05, 0.1) is 0 Å². The Labute approximate surface area is 131 Å². The summed E-state index contributed by atoms with van der Waals surface area (Å²) in [5, 5.41) is 1.33. The van der Waals surface area contributed by atoms with Crippen LogP contribution in [0.1, 0.15) is 24.4 Å². The van der Waals surface area contributed by atoms with Gasteiger partial charge in [-0.15, -0.1) is 0 Å². The van der Waals surface area contributed by atoms with Gasteiger partial charge in [-0.25, -0.2) is 0 Å². The van der Waals surface area contributed by atoms with E-state index in [0.29, 0.717) is 22.5 Å². The Kier molecular flexibility index (Phi) is 6.12. The van der Waals surface area contributed by atoms with E-state index in [9.17, 15) is 0 Å². The maximum Gasteiger partial charge on any atom is 0.0491 e. The number of piperidine rings is 1. The van der Waals surface area contributed by atoms with E-state index in [1.165, 1.54) is 0 Å². The predicted octanol–water partition coefficient (Wildman–Crippen LogP) is 3.35. The summed E-state index contributed by atoms with van der Waals surface area (Å²) in [5.41, 5.74) is 7.08. The molecule has 1 saturated heterocycles. The fourth-order valence-electron chi connectivity index (χ4n) is 2.93. The molecule has 0 bridgehead atoms. The Morgan fingerprint density at radius 2 is 1.85 bits per heavy atom. The summed E-state index contributed by atoms with van der Waals surface area (Å²) in [7, 11) is 1.77.